The Bertz CT molecular complexity index is 1260. The minimum absolute atomic E-state index is 0.000121. The molecule has 8 heteroatoms. The second-order valence-electron chi connectivity index (χ2n) is 8.52. The number of hydrogen-bond acceptors (Lipinski definition) is 6. The van der Waals surface area contributed by atoms with Crippen molar-refractivity contribution in [3.8, 4) is 11.1 Å². The highest BCUT2D eigenvalue weighted by molar-refractivity contribution is 5.87. The lowest BCUT2D eigenvalue weighted by molar-refractivity contribution is -0.142. The second-order valence-corrected chi connectivity index (χ2v) is 8.52. The van der Waals surface area contributed by atoms with Crippen LogP contribution in [0.5, 0.6) is 0 Å². The van der Waals surface area contributed by atoms with E-state index in [-0.39, 0.29) is 25.6 Å². The Balaban J connectivity index is 1.50. The van der Waals surface area contributed by atoms with E-state index in [1.165, 1.54) is 7.11 Å². The van der Waals surface area contributed by atoms with Crippen molar-refractivity contribution in [3.63, 3.8) is 0 Å². The Hall–Kier alpha value is -4.17. The number of nitrogens with one attached hydrogen (secondary N) is 1. The summed E-state index contributed by atoms with van der Waals surface area (Å²) < 4.78 is 15.6. The van der Waals surface area contributed by atoms with Gasteiger partial charge in [0.1, 0.15) is 13.2 Å². The van der Waals surface area contributed by atoms with Crippen molar-refractivity contribution in [2.24, 2.45) is 0 Å². The molecule has 3 aromatic carbocycles. The zero-order valence-corrected chi connectivity index (χ0v) is 20.1. The quantitative estimate of drug-likeness (QED) is 0.420. The molecule has 2 N–H and O–H groups in total. The summed E-state index contributed by atoms with van der Waals surface area (Å²) in [6, 6.07) is 19.6. The third-order valence-electron chi connectivity index (χ3n) is 6.21. The summed E-state index contributed by atoms with van der Waals surface area (Å²) in [4.78, 5) is 35.5. The highest BCUT2D eigenvalue weighted by atomic mass is 16.5. The molecule has 0 unspecified atom stereocenters. The molecule has 1 aliphatic carbocycles. The van der Waals surface area contributed by atoms with E-state index in [1.54, 1.807) is 19.1 Å². The molecule has 0 aromatic heterocycles. The number of carbonyl (C=O) groups excluding carboxylic acids is 2. The van der Waals surface area contributed by atoms with Gasteiger partial charge in [-0.1, -0.05) is 54.6 Å². The molecule has 0 aliphatic heterocycles. The number of fused-ring (bicyclic) bond motifs is 3. The minimum Gasteiger partial charge on any atom is -0.480 e. The summed E-state index contributed by atoms with van der Waals surface area (Å²) in [6.45, 7) is 1.48. The fraction of sp³-hybridized carbons (Fsp3) is 0.250. The number of carboxylic acid groups (broad SMARTS) is 1. The fourth-order valence-corrected chi connectivity index (χ4v) is 4.47. The van der Waals surface area contributed by atoms with Gasteiger partial charge in [-0.3, -0.25) is 10.1 Å². The Morgan fingerprint density at radius 3 is 2.22 bits per heavy atom. The highest BCUT2D eigenvalue weighted by Gasteiger charge is 2.29. The van der Waals surface area contributed by atoms with Crippen molar-refractivity contribution in [2.45, 2.75) is 25.9 Å². The number of methoxy groups -OCH3 is 1. The zero-order valence-electron chi connectivity index (χ0n) is 20.1. The van der Waals surface area contributed by atoms with Gasteiger partial charge in [0.25, 0.3) is 0 Å². The summed E-state index contributed by atoms with van der Waals surface area (Å²) in [5.41, 5.74) is 6.86. The van der Waals surface area contributed by atoms with Gasteiger partial charge in [-0.25, -0.2) is 9.59 Å². The molecule has 186 valence electrons. The van der Waals surface area contributed by atoms with Crippen molar-refractivity contribution in [1.82, 2.24) is 0 Å². The molecule has 0 saturated heterocycles. The van der Waals surface area contributed by atoms with Gasteiger partial charge in [0, 0.05) is 11.6 Å². The standard InChI is InChI=1S/C28H27NO7/c1-17-19(13-27(32)34-2)11-18(14-35-16-26(30)31)12-25(17)29-28(33)36-15-24-22-9-5-3-7-20(22)21-8-4-6-10-23(21)24/h3-12,24H,13-16H2,1-2H3,(H,29,33)(H,30,31). The number of benzene rings is 3. The molecule has 0 bridgehead atoms. The van der Waals surface area contributed by atoms with E-state index in [2.05, 4.69) is 17.4 Å². The van der Waals surface area contributed by atoms with Crippen molar-refractivity contribution < 1.29 is 33.7 Å². The zero-order chi connectivity index (χ0) is 25.7. The first-order chi connectivity index (χ1) is 17.4. The number of carboxylic acids is 1. The van der Waals surface area contributed by atoms with Gasteiger partial charge in [0.15, 0.2) is 0 Å². The van der Waals surface area contributed by atoms with E-state index in [0.29, 0.717) is 22.4 Å². The molecular formula is C28H27NO7. The van der Waals surface area contributed by atoms with Crippen LogP contribution in [0, 0.1) is 6.92 Å². The molecule has 4 rings (SSSR count). The molecule has 1 aliphatic rings. The van der Waals surface area contributed by atoms with Gasteiger partial charge in [-0.2, -0.15) is 0 Å². The van der Waals surface area contributed by atoms with E-state index >= 15 is 0 Å². The van der Waals surface area contributed by atoms with E-state index in [9.17, 15) is 14.4 Å². The lowest BCUT2D eigenvalue weighted by Gasteiger charge is -2.17. The minimum atomic E-state index is -1.09. The summed E-state index contributed by atoms with van der Waals surface area (Å²) in [7, 11) is 1.30. The van der Waals surface area contributed by atoms with E-state index in [0.717, 1.165) is 22.3 Å². The maximum Gasteiger partial charge on any atom is 0.411 e. The Labute approximate surface area is 208 Å². The molecule has 0 fully saturated rings. The van der Waals surface area contributed by atoms with Crippen LogP contribution < -0.4 is 5.32 Å². The Morgan fingerprint density at radius 2 is 1.61 bits per heavy atom. The largest absolute Gasteiger partial charge is 0.480 e. The van der Waals surface area contributed by atoms with Crippen molar-refractivity contribution >= 4 is 23.7 Å². The van der Waals surface area contributed by atoms with Crippen LogP contribution >= 0.6 is 0 Å². The van der Waals surface area contributed by atoms with Gasteiger partial charge in [-0.15, -0.1) is 0 Å². The van der Waals surface area contributed by atoms with Crippen LogP contribution in [0.3, 0.4) is 0 Å². The average Bonchev–Trinajstić information content (AvgIpc) is 3.19. The summed E-state index contributed by atoms with van der Waals surface area (Å²) in [6.07, 6.45) is -0.637. The molecule has 3 aromatic rings. The average molecular weight is 490 g/mol. The van der Waals surface area contributed by atoms with E-state index in [4.69, 9.17) is 19.3 Å². The third kappa shape index (κ3) is 5.55. The lowest BCUT2D eigenvalue weighted by Crippen LogP contribution is -2.19. The van der Waals surface area contributed by atoms with Gasteiger partial charge in [0.2, 0.25) is 0 Å². The molecule has 1 amide bonds. The normalized spacial score (nSPS) is 11.9. The Morgan fingerprint density at radius 1 is 0.972 bits per heavy atom. The van der Waals surface area contributed by atoms with Gasteiger partial charge < -0.3 is 19.3 Å². The lowest BCUT2D eigenvalue weighted by atomic mass is 9.98. The second kappa shape index (κ2) is 11.0. The number of anilines is 1. The number of hydrogen-bond donors (Lipinski definition) is 2. The first-order valence-corrected chi connectivity index (χ1v) is 11.5. The number of aliphatic carboxylic acids is 1. The summed E-state index contributed by atoms with van der Waals surface area (Å²) in [5, 5.41) is 11.6. The molecule has 0 spiro atoms. The highest BCUT2D eigenvalue weighted by Crippen LogP contribution is 2.44. The van der Waals surface area contributed by atoms with Crippen LogP contribution in [0.4, 0.5) is 10.5 Å². The van der Waals surface area contributed by atoms with Gasteiger partial charge >= 0.3 is 18.0 Å². The van der Waals surface area contributed by atoms with Gasteiger partial charge in [-0.05, 0) is 51.9 Å². The SMILES string of the molecule is COC(=O)Cc1cc(COCC(=O)O)cc(NC(=O)OCC2c3ccccc3-c3ccccc32)c1C. The Kier molecular flexibility index (Phi) is 7.65. The molecule has 0 atom stereocenters. The first-order valence-electron chi connectivity index (χ1n) is 11.5. The van der Waals surface area contributed by atoms with Gasteiger partial charge in [0.05, 0.1) is 20.1 Å². The first kappa shape index (κ1) is 24.9. The van der Waals surface area contributed by atoms with Crippen LogP contribution in [-0.4, -0.2) is 43.5 Å². The predicted molar refractivity (Wildman–Crippen MR) is 133 cm³/mol. The van der Waals surface area contributed by atoms with Crippen molar-refractivity contribution in [3.05, 3.63) is 88.5 Å². The molecule has 0 radical (unpaired) electrons. The number of esters is 1. The number of ether oxygens (including phenoxy) is 3. The van der Waals surface area contributed by atoms with Crippen LogP contribution in [-0.2, 0) is 36.8 Å². The number of rotatable bonds is 9. The monoisotopic (exact) mass is 489 g/mol. The third-order valence-corrected chi connectivity index (χ3v) is 6.21. The van der Waals surface area contributed by atoms with Crippen LogP contribution in [0.2, 0.25) is 0 Å². The fourth-order valence-electron chi connectivity index (χ4n) is 4.47. The number of carbonyl (C=O) groups is 3. The number of amides is 1. The molecule has 36 heavy (non-hydrogen) atoms. The molecule has 0 saturated carbocycles. The molecule has 8 nitrogen and oxygen atoms in total. The maximum absolute atomic E-state index is 12.8. The molecular weight excluding hydrogens is 462 g/mol. The van der Waals surface area contributed by atoms with Crippen LogP contribution in [0.1, 0.15) is 33.7 Å². The van der Waals surface area contributed by atoms with Crippen LogP contribution in [0.25, 0.3) is 11.1 Å². The van der Waals surface area contributed by atoms with Crippen molar-refractivity contribution in [1.29, 1.82) is 0 Å². The van der Waals surface area contributed by atoms with Crippen molar-refractivity contribution in [2.75, 3.05) is 25.6 Å². The smallest absolute Gasteiger partial charge is 0.411 e. The molecule has 0 heterocycles. The predicted octanol–water partition coefficient (Wildman–Crippen LogP) is 4.67. The van der Waals surface area contributed by atoms with Crippen LogP contribution in [0.15, 0.2) is 60.7 Å². The maximum atomic E-state index is 12.8. The summed E-state index contributed by atoms with van der Waals surface area (Å²) in [5.74, 6) is -1.60. The van der Waals surface area contributed by atoms with E-state index in [1.807, 2.05) is 36.4 Å². The summed E-state index contributed by atoms with van der Waals surface area (Å²) >= 11 is 0. The van der Waals surface area contributed by atoms with E-state index < -0.39 is 24.6 Å². The topological polar surface area (TPSA) is 111 Å².